The van der Waals surface area contributed by atoms with Crippen molar-refractivity contribution >= 4 is 5.91 Å². The van der Waals surface area contributed by atoms with Crippen molar-refractivity contribution in [3.05, 3.63) is 53.6 Å². The highest BCUT2D eigenvalue weighted by molar-refractivity contribution is 5.92. The Morgan fingerprint density at radius 2 is 1.95 bits per heavy atom. The second kappa shape index (κ2) is 5.55. The Bertz CT molecular complexity index is 566. The molecule has 4 nitrogen and oxygen atoms in total. The quantitative estimate of drug-likeness (QED) is 0.926. The first-order valence-electron chi connectivity index (χ1n) is 5.42. The van der Waals surface area contributed by atoms with Gasteiger partial charge in [-0.3, -0.25) is 4.79 Å². The molecule has 7 heteroatoms. The molecule has 2 aromatic rings. The molecule has 0 spiro atoms. The minimum absolute atomic E-state index is 0.119. The summed E-state index contributed by atoms with van der Waals surface area (Å²) in [5, 5.41) is 5.82. The third kappa shape index (κ3) is 3.12. The van der Waals surface area contributed by atoms with Crippen molar-refractivity contribution in [2.45, 2.75) is 13.1 Å². The minimum Gasteiger partial charge on any atom is -0.347 e. The van der Waals surface area contributed by atoms with Crippen molar-refractivity contribution in [1.29, 1.82) is 0 Å². The second-order valence-electron chi connectivity index (χ2n) is 3.75. The molecule has 2 rings (SSSR count). The smallest absolute Gasteiger partial charge is 0.333 e. The number of nitrogens with zero attached hydrogens (tertiary/aromatic N) is 2. The number of halogens is 3. The number of rotatable bonds is 4. The molecular formula is C12H10F3N3O. The fourth-order valence-electron chi connectivity index (χ4n) is 1.52. The minimum atomic E-state index is -2.87. The normalized spacial score (nSPS) is 10.7. The molecule has 19 heavy (non-hydrogen) atoms. The molecule has 0 unspecified atom stereocenters. The summed E-state index contributed by atoms with van der Waals surface area (Å²) in [6.07, 6.45) is 1.12. The zero-order chi connectivity index (χ0) is 13.8. The van der Waals surface area contributed by atoms with Gasteiger partial charge in [0.15, 0.2) is 0 Å². The van der Waals surface area contributed by atoms with E-state index in [0.717, 1.165) is 6.20 Å². The van der Waals surface area contributed by atoms with Gasteiger partial charge in [-0.15, -0.1) is 0 Å². The molecule has 1 aromatic carbocycles. The molecular weight excluding hydrogens is 259 g/mol. The van der Waals surface area contributed by atoms with E-state index in [9.17, 15) is 18.0 Å². The maximum Gasteiger partial charge on any atom is 0.333 e. The van der Waals surface area contributed by atoms with Gasteiger partial charge in [-0.1, -0.05) is 12.1 Å². The fourth-order valence-corrected chi connectivity index (χ4v) is 1.52. The summed E-state index contributed by atoms with van der Waals surface area (Å²) in [4.78, 5) is 11.7. The van der Waals surface area contributed by atoms with Crippen LogP contribution in [0, 0.1) is 5.82 Å². The maximum absolute atomic E-state index is 12.7. The number of alkyl halides is 2. The van der Waals surface area contributed by atoms with Gasteiger partial charge in [0.25, 0.3) is 5.91 Å². The molecule has 0 aliphatic rings. The summed E-state index contributed by atoms with van der Waals surface area (Å²) < 4.78 is 38.0. The number of hydrogen-bond donors (Lipinski definition) is 1. The Hall–Kier alpha value is -2.31. The van der Waals surface area contributed by atoms with Crippen LogP contribution >= 0.6 is 0 Å². The summed E-state index contributed by atoms with van der Waals surface area (Å²) in [5.74, 6) is -1.05. The Balaban J connectivity index is 2.01. The standard InChI is InChI=1S/C12H10F3N3O/c13-9-3-1-8(2-4-9)7-16-11(19)10-5-6-17-18(10)12(14)15/h1-6,12H,7H2,(H,16,19). The van der Waals surface area contributed by atoms with E-state index in [0.29, 0.717) is 10.2 Å². The van der Waals surface area contributed by atoms with E-state index in [1.54, 1.807) is 0 Å². The highest BCUT2D eigenvalue weighted by atomic mass is 19.3. The summed E-state index contributed by atoms with van der Waals surface area (Å²) >= 11 is 0. The summed E-state index contributed by atoms with van der Waals surface area (Å²) in [6.45, 7) is -2.75. The molecule has 1 aromatic heterocycles. The molecule has 100 valence electrons. The Kier molecular flexibility index (Phi) is 3.84. The number of amides is 1. The first kappa shape index (κ1) is 13.1. The molecule has 1 heterocycles. The van der Waals surface area contributed by atoms with Gasteiger partial charge >= 0.3 is 6.55 Å². The van der Waals surface area contributed by atoms with Gasteiger partial charge in [-0.25, -0.2) is 4.39 Å². The van der Waals surface area contributed by atoms with Crippen molar-refractivity contribution in [3.8, 4) is 0 Å². The van der Waals surface area contributed by atoms with E-state index in [1.165, 1.54) is 30.3 Å². The number of carbonyl (C=O) groups excluding carboxylic acids is 1. The average molecular weight is 269 g/mol. The van der Waals surface area contributed by atoms with Crippen LogP contribution in [0.25, 0.3) is 0 Å². The molecule has 1 amide bonds. The van der Waals surface area contributed by atoms with Crippen LogP contribution in [0.1, 0.15) is 22.6 Å². The Morgan fingerprint density at radius 3 is 2.58 bits per heavy atom. The fraction of sp³-hybridized carbons (Fsp3) is 0.167. The molecule has 0 aliphatic carbocycles. The van der Waals surface area contributed by atoms with Crippen molar-refractivity contribution in [2.24, 2.45) is 0 Å². The number of hydrogen-bond acceptors (Lipinski definition) is 2. The highest BCUT2D eigenvalue weighted by Gasteiger charge is 2.17. The zero-order valence-corrected chi connectivity index (χ0v) is 9.69. The van der Waals surface area contributed by atoms with Crippen molar-refractivity contribution < 1.29 is 18.0 Å². The van der Waals surface area contributed by atoms with Crippen LogP contribution in [0.3, 0.4) is 0 Å². The van der Waals surface area contributed by atoms with E-state index < -0.39 is 12.5 Å². The summed E-state index contributed by atoms with van der Waals surface area (Å²) in [5.41, 5.74) is 0.440. The van der Waals surface area contributed by atoms with Gasteiger partial charge in [0.2, 0.25) is 0 Å². The highest BCUT2D eigenvalue weighted by Crippen LogP contribution is 2.12. The van der Waals surface area contributed by atoms with Crippen molar-refractivity contribution in [2.75, 3.05) is 0 Å². The molecule has 0 radical (unpaired) electrons. The predicted molar refractivity (Wildman–Crippen MR) is 61.1 cm³/mol. The van der Waals surface area contributed by atoms with Crippen LogP contribution < -0.4 is 5.32 Å². The van der Waals surface area contributed by atoms with Crippen molar-refractivity contribution in [3.63, 3.8) is 0 Å². The third-order valence-electron chi connectivity index (χ3n) is 2.45. The van der Waals surface area contributed by atoms with Gasteiger partial charge in [0.1, 0.15) is 11.5 Å². The summed E-state index contributed by atoms with van der Waals surface area (Å²) in [7, 11) is 0. The van der Waals surface area contributed by atoms with E-state index in [-0.39, 0.29) is 18.1 Å². The largest absolute Gasteiger partial charge is 0.347 e. The van der Waals surface area contributed by atoms with E-state index in [4.69, 9.17) is 0 Å². The van der Waals surface area contributed by atoms with Gasteiger partial charge in [-0.05, 0) is 23.8 Å². The van der Waals surface area contributed by atoms with E-state index in [1.807, 2.05) is 0 Å². The molecule has 0 aliphatic heterocycles. The number of benzene rings is 1. The lowest BCUT2D eigenvalue weighted by atomic mass is 10.2. The van der Waals surface area contributed by atoms with Crippen LogP contribution in [0.2, 0.25) is 0 Å². The van der Waals surface area contributed by atoms with Crippen LogP contribution in [0.4, 0.5) is 13.2 Å². The van der Waals surface area contributed by atoms with Gasteiger partial charge < -0.3 is 5.32 Å². The summed E-state index contributed by atoms with van der Waals surface area (Å²) in [6, 6.07) is 6.71. The lowest BCUT2D eigenvalue weighted by Crippen LogP contribution is -2.26. The van der Waals surface area contributed by atoms with Crippen LogP contribution in [0.15, 0.2) is 36.5 Å². The zero-order valence-electron chi connectivity index (χ0n) is 9.69. The number of nitrogens with one attached hydrogen (secondary N) is 1. The SMILES string of the molecule is O=C(NCc1ccc(F)cc1)c1ccnn1C(F)F. The molecule has 0 atom stereocenters. The third-order valence-corrected chi connectivity index (χ3v) is 2.45. The second-order valence-corrected chi connectivity index (χ2v) is 3.75. The van der Waals surface area contributed by atoms with Gasteiger partial charge in [0.05, 0.1) is 0 Å². The monoisotopic (exact) mass is 269 g/mol. The van der Waals surface area contributed by atoms with Gasteiger partial charge in [0, 0.05) is 12.7 Å². The van der Waals surface area contributed by atoms with Crippen LogP contribution in [-0.4, -0.2) is 15.7 Å². The van der Waals surface area contributed by atoms with E-state index >= 15 is 0 Å². The average Bonchev–Trinajstić information content (AvgIpc) is 2.87. The molecule has 0 saturated carbocycles. The maximum atomic E-state index is 12.7. The molecule has 1 N–H and O–H groups in total. The Labute approximate surface area is 106 Å². The van der Waals surface area contributed by atoms with Gasteiger partial charge in [-0.2, -0.15) is 18.6 Å². The van der Waals surface area contributed by atoms with Crippen LogP contribution in [0.5, 0.6) is 0 Å². The first-order valence-corrected chi connectivity index (χ1v) is 5.42. The Morgan fingerprint density at radius 1 is 1.26 bits per heavy atom. The number of aromatic nitrogens is 2. The lowest BCUT2D eigenvalue weighted by Gasteiger charge is -2.07. The van der Waals surface area contributed by atoms with E-state index in [2.05, 4.69) is 10.4 Å². The first-order chi connectivity index (χ1) is 9.08. The number of carbonyl (C=O) groups is 1. The topological polar surface area (TPSA) is 46.9 Å². The predicted octanol–water partition coefficient (Wildman–Crippen LogP) is 2.35. The lowest BCUT2D eigenvalue weighted by molar-refractivity contribution is 0.0509. The molecule has 0 saturated heterocycles. The van der Waals surface area contributed by atoms with Crippen LogP contribution in [-0.2, 0) is 6.54 Å². The molecule has 0 bridgehead atoms. The molecule has 0 fully saturated rings. The van der Waals surface area contributed by atoms with Crippen molar-refractivity contribution in [1.82, 2.24) is 15.1 Å².